The highest BCUT2D eigenvalue weighted by molar-refractivity contribution is 6.29. The molecule has 0 aromatic heterocycles. The Morgan fingerprint density at radius 3 is 2.59 bits per heavy atom. The Labute approximate surface area is 96.9 Å². The van der Waals surface area contributed by atoms with Crippen molar-refractivity contribution < 1.29 is 10.1 Å². The fourth-order valence-corrected chi connectivity index (χ4v) is 0.978. The van der Waals surface area contributed by atoms with E-state index in [0.29, 0.717) is 11.3 Å². The van der Waals surface area contributed by atoms with E-state index < -0.39 is 4.92 Å². The summed E-state index contributed by atoms with van der Waals surface area (Å²) in [7, 11) is 0. The zero-order valence-corrected chi connectivity index (χ0v) is 9.02. The van der Waals surface area contributed by atoms with Crippen LogP contribution in [0.5, 0.6) is 0 Å². The molecule has 0 fully saturated rings. The van der Waals surface area contributed by atoms with Gasteiger partial charge in [0.15, 0.2) is 0 Å². The van der Waals surface area contributed by atoms with Gasteiger partial charge in [-0.1, -0.05) is 5.16 Å². The minimum atomic E-state index is -0.471. The summed E-state index contributed by atoms with van der Waals surface area (Å²) in [5.41, 5.74) is 1.15. The summed E-state index contributed by atoms with van der Waals surface area (Å²) in [5.74, 6) is 0. The largest absolute Gasteiger partial charge is 0.411 e. The van der Waals surface area contributed by atoms with Crippen molar-refractivity contribution >= 4 is 23.8 Å². The molecule has 0 unspecified atom stereocenters. The average molecular weight is 234 g/mol. The van der Waals surface area contributed by atoms with Crippen LogP contribution in [0.4, 0.5) is 5.69 Å². The molecule has 7 nitrogen and oxygen atoms in total. The van der Waals surface area contributed by atoms with Gasteiger partial charge in [0.2, 0.25) is 0 Å². The van der Waals surface area contributed by atoms with E-state index in [1.54, 1.807) is 19.1 Å². The summed E-state index contributed by atoms with van der Waals surface area (Å²) in [6.07, 6.45) is 2.59. The van der Waals surface area contributed by atoms with E-state index in [9.17, 15) is 10.1 Å². The van der Waals surface area contributed by atoms with Crippen LogP contribution in [-0.4, -0.2) is 28.3 Å². The molecule has 0 amide bonds. The molecule has 1 aromatic carbocycles. The smallest absolute Gasteiger partial charge is 0.269 e. The van der Waals surface area contributed by atoms with Crippen molar-refractivity contribution in [2.24, 2.45) is 15.4 Å². The Kier molecular flexibility index (Phi) is 4.49. The lowest BCUT2D eigenvalue weighted by molar-refractivity contribution is -0.384. The number of nitro benzene ring substituents is 1. The zero-order valence-electron chi connectivity index (χ0n) is 9.02. The van der Waals surface area contributed by atoms with Crippen LogP contribution >= 0.6 is 0 Å². The van der Waals surface area contributed by atoms with E-state index in [4.69, 9.17) is 5.21 Å². The molecule has 0 aliphatic carbocycles. The van der Waals surface area contributed by atoms with Crippen LogP contribution in [0.15, 0.2) is 39.6 Å². The van der Waals surface area contributed by atoms with E-state index in [1.165, 1.54) is 18.3 Å². The van der Waals surface area contributed by atoms with Gasteiger partial charge in [-0.3, -0.25) is 10.1 Å². The summed E-state index contributed by atoms with van der Waals surface area (Å²) in [5, 5.41) is 28.8. The molecule has 0 heterocycles. The lowest BCUT2D eigenvalue weighted by Crippen LogP contribution is -1.91. The van der Waals surface area contributed by atoms with Crippen LogP contribution in [0.1, 0.15) is 12.5 Å². The van der Waals surface area contributed by atoms with Gasteiger partial charge in [0.1, 0.15) is 0 Å². The number of oxime groups is 1. The number of nitrogens with zero attached hydrogens (tertiary/aromatic N) is 4. The molecular weight excluding hydrogens is 224 g/mol. The van der Waals surface area contributed by atoms with Gasteiger partial charge in [0.05, 0.1) is 23.1 Å². The monoisotopic (exact) mass is 234 g/mol. The van der Waals surface area contributed by atoms with Crippen molar-refractivity contribution in [3.05, 3.63) is 39.9 Å². The molecule has 1 aromatic rings. The molecule has 0 radical (unpaired) electrons. The van der Waals surface area contributed by atoms with Crippen molar-refractivity contribution in [3.8, 4) is 0 Å². The third-order valence-electron chi connectivity index (χ3n) is 1.77. The highest BCUT2D eigenvalue weighted by atomic mass is 16.6. The molecule has 0 saturated heterocycles. The molecule has 0 aliphatic heterocycles. The summed E-state index contributed by atoms with van der Waals surface area (Å²) < 4.78 is 0. The first-order chi connectivity index (χ1) is 8.13. The number of benzene rings is 1. The van der Waals surface area contributed by atoms with Crippen molar-refractivity contribution in [2.75, 3.05) is 0 Å². The SMILES string of the molecule is CC(/C=N/O)=N/N=C/c1ccc([N+](=O)[O-])cc1. The number of hydrogen-bond donors (Lipinski definition) is 1. The maximum absolute atomic E-state index is 10.4. The molecule has 1 rings (SSSR count). The summed E-state index contributed by atoms with van der Waals surface area (Å²) in [6, 6.07) is 5.89. The number of nitro groups is 1. The second-order valence-corrected chi connectivity index (χ2v) is 3.08. The molecule has 0 bridgehead atoms. The molecule has 0 spiro atoms. The predicted molar refractivity (Wildman–Crippen MR) is 64.1 cm³/mol. The topological polar surface area (TPSA) is 100 Å². The van der Waals surface area contributed by atoms with E-state index >= 15 is 0 Å². The fourth-order valence-electron chi connectivity index (χ4n) is 0.978. The first-order valence-electron chi connectivity index (χ1n) is 4.63. The van der Waals surface area contributed by atoms with Crippen molar-refractivity contribution in [1.82, 2.24) is 0 Å². The second kappa shape index (κ2) is 6.11. The summed E-state index contributed by atoms with van der Waals surface area (Å²) >= 11 is 0. The first kappa shape index (κ1) is 12.5. The fraction of sp³-hybridized carbons (Fsp3) is 0.100. The van der Waals surface area contributed by atoms with E-state index in [0.717, 1.165) is 6.21 Å². The average Bonchev–Trinajstić information content (AvgIpc) is 2.30. The maximum atomic E-state index is 10.4. The Bertz CT molecular complexity index is 477. The molecule has 0 aliphatic rings. The second-order valence-electron chi connectivity index (χ2n) is 3.08. The summed E-state index contributed by atoms with van der Waals surface area (Å²) in [4.78, 5) is 9.93. The van der Waals surface area contributed by atoms with Gasteiger partial charge in [-0.2, -0.15) is 10.2 Å². The van der Waals surface area contributed by atoms with Crippen molar-refractivity contribution in [2.45, 2.75) is 6.92 Å². The van der Waals surface area contributed by atoms with Gasteiger partial charge < -0.3 is 5.21 Å². The van der Waals surface area contributed by atoms with Gasteiger partial charge in [-0.05, 0) is 24.6 Å². The number of rotatable bonds is 4. The van der Waals surface area contributed by atoms with Crippen LogP contribution < -0.4 is 0 Å². The molecule has 0 saturated carbocycles. The van der Waals surface area contributed by atoms with Crippen LogP contribution in [0.2, 0.25) is 0 Å². The molecule has 17 heavy (non-hydrogen) atoms. The minimum absolute atomic E-state index is 0.0224. The van der Waals surface area contributed by atoms with Crippen LogP contribution in [0.3, 0.4) is 0 Å². The lowest BCUT2D eigenvalue weighted by atomic mass is 10.2. The van der Waals surface area contributed by atoms with Gasteiger partial charge in [-0.25, -0.2) is 0 Å². The third kappa shape index (κ3) is 4.20. The number of hydrogen-bond acceptors (Lipinski definition) is 6. The quantitative estimate of drug-likeness (QED) is 0.372. The Morgan fingerprint density at radius 1 is 1.41 bits per heavy atom. The summed E-state index contributed by atoms with van der Waals surface area (Å²) in [6.45, 7) is 1.62. The van der Waals surface area contributed by atoms with Crippen molar-refractivity contribution in [3.63, 3.8) is 0 Å². The van der Waals surface area contributed by atoms with E-state index in [-0.39, 0.29) is 5.69 Å². The highest BCUT2D eigenvalue weighted by Gasteiger charge is 2.02. The zero-order chi connectivity index (χ0) is 12.7. The molecule has 1 N–H and O–H groups in total. The highest BCUT2D eigenvalue weighted by Crippen LogP contribution is 2.10. The number of non-ortho nitro benzene ring substituents is 1. The maximum Gasteiger partial charge on any atom is 0.269 e. The Morgan fingerprint density at radius 2 is 2.06 bits per heavy atom. The predicted octanol–water partition coefficient (Wildman–Crippen LogP) is 1.85. The van der Waals surface area contributed by atoms with E-state index in [2.05, 4.69) is 15.4 Å². The molecule has 0 atom stereocenters. The van der Waals surface area contributed by atoms with Gasteiger partial charge in [-0.15, -0.1) is 0 Å². The van der Waals surface area contributed by atoms with E-state index in [1.807, 2.05) is 0 Å². The van der Waals surface area contributed by atoms with Gasteiger partial charge >= 0.3 is 0 Å². The van der Waals surface area contributed by atoms with Crippen LogP contribution in [0, 0.1) is 10.1 Å². The third-order valence-corrected chi connectivity index (χ3v) is 1.77. The minimum Gasteiger partial charge on any atom is -0.411 e. The van der Waals surface area contributed by atoms with Gasteiger partial charge in [0, 0.05) is 12.1 Å². The van der Waals surface area contributed by atoms with Crippen molar-refractivity contribution in [1.29, 1.82) is 0 Å². The lowest BCUT2D eigenvalue weighted by Gasteiger charge is -1.92. The van der Waals surface area contributed by atoms with Crippen LogP contribution in [-0.2, 0) is 0 Å². The molecule has 88 valence electrons. The standard InChI is InChI=1S/C10H10N4O3/c1-8(6-12-15)13-11-7-9-2-4-10(5-3-9)14(16)17/h2-7,15H,1H3/b11-7+,12-6+,13-8-. The van der Waals surface area contributed by atoms with Crippen LogP contribution in [0.25, 0.3) is 0 Å². The Hall–Kier alpha value is -2.57. The normalized spacial score (nSPS) is 12.4. The Balaban J connectivity index is 2.72. The van der Waals surface area contributed by atoms with Gasteiger partial charge in [0.25, 0.3) is 5.69 Å². The molecule has 7 heteroatoms. The first-order valence-corrected chi connectivity index (χ1v) is 4.63. The molecular formula is C10H10N4O3.